The molecule has 0 bridgehead atoms. The van der Waals surface area contributed by atoms with Gasteiger partial charge in [0.25, 0.3) is 5.91 Å². The van der Waals surface area contributed by atoms with Gasteiger partial charge in [0, 0.05) is 46.2 Å². The quantitative estimate of drug-likeness (QED) is 0.266. The molecule has 4 heterocycles. The molecule has 0 aliphatic carbocycles. The number of carboxylic acids is 2. The summed E-state index contributed by atoms with van der Waals surface area (Å²) in [6.07, 6.45) is 10.2. The number of aromatic amines is 2. The second-order valence-corrected chi connectivity index (χ2v) is 11.1. The second kappa shape index (κ2) is 13.1. The summed E-state index contributed by atoms with van der Waals surface area (Å²) in [5.41, 5.74) is 7.95. The van der Waals surface area contributed by atoms with Gasteiger partial charge in [0.05, 0.1) is 11.6 Å². The Balaban J connectivity index is 1.91. The van der Waals surface area contributed by atoms with Crippen molar-refractivity contribution in [2.24, 2.45) is 10.9 Å². The van der Waals surface area contributed by atoms with Gasteiger partial charge in [-0.1, -0.05) is 25.7 Å². The van der Waals surface area contributed by atoms with Gasteiger partial charge in [-0.2, -0.15) is 0 Å². The molecule has 1 atom stereocenters. The van der Waals surface area contributed by atoms with Crippen LogP contribution in [-0.4, -0.2) is 49.6 Å². The Morgan fingerprint density at radius 1 is 0.909 bits per heavy atom. The maximum absolute atomic E-state index is 12.5. The molecule has 1 fully saturated rings. The highest BCUT2D eigenvalue weighted by Gasteiger charge is 2.29. The number of aliphatic imine (C=N–C) groups is 1. The Morgan fingerprint density at radius 2 is 1.57 bits per heavy atom. The monoisotopic (exact) mass is 598 g/mol. The molecular formula is C34H38N4O6. The van der Waals surface area contributed by atoms with E-state index in [1.54, 1.807) is 13.0 Å². The molecule has 4 rings (SSSR count). The Morgan fingerprint density at radius 3 is 2.16 bits per heavy atom. The van der Waals surface area contributed by atoms with Crippen LogP contribution in [0.1, 0.15) is 73.7 Å². The number of carbonyl (C=O) groups excluding carboxylic acids is 2. The first-order chi connectivity index (χ1) is 20.9. The summed E-state index contributed by atoms with van der Waals surface area (Å²) < 4.78 is 0. The normalized spacial score (nSPS) is 19.5. The first-order valence-corrected chi connectivity index (χ1v) is 14.6. The molecule has 0 spiro atoms. The molecule has 0 saturated carbocycles. The number of aliphatic carboxylic acids is 2. The average Bonchev–Trinajstić information content (AvgIpc) is 3.60. The largest absolute Gasteiger partial charge is 0.481 e. The van der Waals surface area contributed by atoms with Crippen molar-refractivity contribution in [3.05, 3.63) is 85.5 Å². The summed E-state index contributed by atoms with van der Waals surface area (Å²) in [5, 5.41) is 23.2. The lowest BCUT2D eigenvalue weighted by Gasteiger charge is -2.03. The molecule has 1 saturated heterocycles. The lowest BCUT2D eigenvalue weighted by molar-refractivity contribution is -0.138. The highest BCUT2D eigenvalue weighted by Crippen LogP contribution is 2.30. The Kier molecular flexibility index (Phi) is 9.52. The predicted octanol–water partition coefficient (Wildman–Crippen LogP) is 3.53. The van der Waals surface area contributed by atoms with Gasteiger partial charge in [-0.25, -0.2) is 4.99 Å². The number of H-pyrrole nitrogens is 2. The van der Waals surface area contributed by atoms with Gasteiger partial charge in [0.2, 0.25) is 5.91 Å². The summed E-state index contributed by atoms with van der Waals surface area (Å²) in [5.74, 6) is -2.57. The van der Waals surface area contributed by atoms with Gasteiger partial charge in [-0.05, 0) is 98.6 Å². The molecule has 10 nitrogen and oxygen atoms in total. The van der Waals surface area contributed by atoms with E-state index >= 15 is 0 Å². The Labute approximate surface area is 255 Å². The first-order valence-electron chi connectivity index (χ1n) is 14.6. The lowest BCUT2D eigenvalue weighted by Crippen LogP contribution is -2.16. The van der Waals surface area contributed by atoms with Gasteiger partial charge in [0.1, 0.15) is 0 Å². The molecule has 2 aliphatic heterocycles. The molecule has 2 aliphatic rings. The molecular weight excluding hydrogens is 560 g/mol. The number of nitrogens with zero attached hydrogens (tertiary/aromatic N) is 1. The van der Waals surface area contributed by atoms with Crippen LogP contribution >= 0.6 is 0 Å². The zero-order valence-electron chi connectivity index (χ0n) is 25.7. The Hall–Kier alpha value is -4.99. The number of hydrogen-bond acceptors (Lipinski definition) is 4. The average molecular weight is 599 g/mol. The molecule has 5 N–H and O–H groups in total. The van der Waals surface area contributed by atoms with E-state index in [0.29, 0.717) is 38.9 Å². The number of allylic oxidation sites excluding steroid dienone is 3. The maximum Gasteiger partial charge on any atom is 0.303 e. The van der Waals surface area contributed by atoms with E-state index in [9.17, 15) is 29.4 Å². The van der Waals surface area contributed by atoms with Crippen LogP contribution in [0.3, 0.4) is 0 Å². The van der Waals surface area contributed by atoms with Crippen LogP contribution in [0.2, 0.25) is 0 Å². The number of carboxylic acid groups (broad SMARTS) is 2. The van der Waals surface area contributed by atoms with E-state index in [0.717, 1.165) is 39.9 Å². The van der Waals surface area contributed by atoms with Crippen LogP contribution in [-0.2, 0) is 32.0 Å². The molecule has 2 amide bonds. The third-order valence-electron chi connectivity index (χ3n) is 8.24. The van der Waals surface area contributed by atoms with E-state index in [1.807, 2.05) is 45.9 Å². The maximum atomic E-state index is 12.5. The number of rotatable bonds is 11. The van der Waals surface area contributed by atoms with E-state index in [2.05, 4.69) is 26.9 Å². The van der Waals surface area contributed by atoms with Gasteiger partial charge in [-0.3, -0.25) is 19.2 Å². The number of amides is 2. The standard InChI is InChI=1S/C34H38N4O6/c1-7-9-22-20(6)33(43)38-30(22)15-26-19(5)24(11-13-32(41)42)29(36-26)16-28-23(10-12-31(39)40)18(4)25(35-28)14-27-17(3)21(8-2)34(44)37-27/h8-9,14-16,20,35-36H,2,7,10-13H2,1,3-6H3,(H,38,43)(H,39,40)(H,41,42)/b22-9-,25-14-,28-16-,30-15-. The predicted molar refractivity (Wildman–Crippen MR) is 169 cm³/mol. The fourth-order valence-corrected chi connectivity index (χ4v) is 5.67. The van der Waals surface area contributed by atoms with Crippen molar-refractivity contribution in [1.29, 1.82) is 0 Å². The van der Waals surface area contributed by atoms with Crippen LogP contribution < -0.4 is 16.0 Å². The second-order valence-electron chi connectivity index (χ2n) is 11.1. The van der Waals surface area contributed by atoms with E-state index in [-0.39, 0.29) is 43.4 Å². The highest BCUT2D eigenvalue weighted by atomic mass is 16.4. The van der Waals surface area contributed by atoms with Crippen molar-refractivity contribution < 1.29 is 29.4 Å². The highest BCUT2D eigenvalue weighted by molar-refractivity contribution is 6.31. The zero-order valence-corrected chi connectivity index (χ0v) is 25.7. The van der Waals surface area contributed by atoms with Crippen molar-refractivity contribution in [3.8, 4) is 0 Å². The van der Waals surface area contributed by atoms with Gasteiger partial charge in [-0.15, -0.1) is 0 Å². The molecule has 0 aromatic carbocycles. The summed E-state index contributed by atoms with van der Waals surface area (Å²) in [6, 6.07) is 0. The van der Waals surface area contributed by atoms with Crippen LogP contribution in [0, 0.1) is 19.8 Å². The number of nitrogens with one attached hydrogen (secondary N) is 3. The van der Waals surface area contributed by atoms with Crippen LogP contribution in [0.15, 0.2) is 46.1 Å². The number of carbonyl (C=O) groups is 4. The van der Waals surface area contributed by atoms with Crippen molar-refractivity contribution >= 4 is 47.7 Å². The molecule has 230 valence electrons. The first kappa shape index (κ1) is 31.9. The summed E-state index contributed by atoms with van der Waals surface area (Å²) in [4.78, 5) is 58.8. The molecule has 2 aromatic rings. The molecule has 1 unspecified atom stereocenters. The lowest BCUT2D eigenvalue weighted by atomic mass is 9.99. The molecule has 0 radical (unpaired) electrons. The third-order valence-corrected chi connectivity index (χ3v) is 8.24. The van der Waals surface area contributed by atoms with E-state index < -0.39 is 11.9 Å². The SMILES string of the molecule is C=CC1=C(C)C(/C=c2\[nH]/c(=C\c3[nH]c(/C=C4\NC(=O)C(C)\C4=C\CC)c(C)c3CCC(=O)O)c(CCC(=O)O)c2C)=NC1=O. The summed E-state index contributed by atoms with van der Waals surface area (Å²) in [6.45, 7) is 13.2. The van der Waals surface area contributed by atoms with E-state index in [4.69, 9.17) is 0 Å². The molecule has 10 heteroatoms. The molecule has 44 heavy (non-hydrogen) atoms. The van der Waals surface area contributed by atoms with Crippen molar-refractivity contribution in [2.45, 2.75) is 66.7 Å². The van der Waals surface area contributed by atoms with Gasteiger partial charge < -0.3 is 25.5 Å². The van der Waals surface area contributed by atoms with Crippen LogP contribution in [0.25, 0.3) is 18.2 Å². The Bertz CT molecular complexity index is 1830. The van der Waals surface area contributed by atoms with E-state index in [1.165, 1.54) is 6.08 Å². The van der Waals surface area contributed by atoms with Crippen LogP contribution in [0.5, 0.6) is 0 Å². The number of aromatic nitrogens is 2. The third kappa shape index (κ3) is 6.49. The number of hydrogen-bond donors (Lipinski definition) is 5. The van der Waals surface area contributed by atoms with Crippen LogP contribution in [0.4, 0.5) is 0 Å². The zero-order chi connectivity index (χ0) is 32.3. The summed E-state index contributed by atoms with van der Waals surface area (Å²) in [7, 11) is 0. The fourth-order valence-electron chi connectivity index (χ4n) is 5.67. The van der Waals surface area contributed by atoms with Crippen molar-refractivity contribution in [1.82, 2.24) is 15.3 Å². The smallest absolute Gasteiger partial charge is 0.303 e. The van der Waals surface area contributed by atoms with Crippen molar-refractivity contribution in [3.63, 3.8) is 0 Å². The summed E-state index contributed by atoms with van der Waals surface area (Å²) >= 11 is 0. The van der Waals surface area contributed by atoms with Crippen molar-refractivity contribution in [2.75, 3.05) is 0 Å². The topological polar surface area (TPSA) is 165 Å². The minimum Gasteiger partial charge on any atom is -0.481 e. The van der Waals surface area contributed by atoms with Gasteiger partial charge >= 0.3 is 11.9 Å². The minimum absolute atomic E-state index is 0.0781. The van der Waals surface area contributed by atoms with Gasteiger partial charge in [0.15, 0.2) is 0 Å². The fraction of sp³-hybridized carbons (Fsp3) is 0.324. The molecule has 2 aromatic heterocycles. The minimum atomic E-state index is -0.933.